The van der Waals surface area contributed by atoms with Crippen LogP contribution in [0.5, 0.6) is 0 Å². The Morgan fingerprint density at radius 3 is 2.82 bits per heavy atom. The lowest BCUT2D eigenvalue weighted by atomic mass is 10.1. The first kappa shape index (κ1) is 12.1. The fourth-order valence-corrected chi connectivity index (χ4v) is 2.34. The van der Waals surface area contributed by atoms with Crippen LogP contribution in [0.15, 0.2) is 30.5 Å². The van der Waals surface area contributed by atoms with Crippen LogP contribution in [-0.4, -0.2) is 9.56 Å². The van der Waals surface area contributed by atoms with Crippen molar-refractivity contribution in [2.45, 2.75) is 32.7 Å². The molecular weight excluding hydrogens is 228 g/mol. The number of nitrogens with zero attached hydrogens (tertiary/aromatic N) is 1. The van der Waals surface area contributed by atoms with Gasteiger partial charge in [0.15, 0.2) is 0 Å². The summed E-state index contributed by atoms with van der Waals surface area (Å²) in [5.74, 6) is 0. The average molecular weight is 246 g/mol. The largest absolute Gasteiger partial charge is 0.389 e. The first-order valence-electron chi connectivity index (χ1n) is 6.11. The molecule has 2 N–H and O–H groups in total. The summed E-state index contributed by atoms with van der Waals surface area (Å²) in [6.45, 7) is 3.29. The van der Waals surface area contributed by atoms with Gasteiger partial charge in [-0.3, -0.25) is 0 Å². The molecule has 3 heteroatoms. The molecule has 2 nitrogen and oxygen atoms in total. The molecule has 0 aliphatic rings. The molecule has 0 saturated heterocycles. The minimum absolute atomic E-state index is 0.474. The molecular formula is C14H18N2S. The fourth-order valence-electron chi connectivity index (χ4n) is 2.17. The highest BCUT2D eigenvalue weighted by Crippen LogP contribution is 2.20. The predicted octanol–water partition coefficient (Wildman–Crippen LogP) is 3.47. The van der Waals surface area contributed by atoms with Crippen LogP contribution < -0.4 is 5.73 Å². The van der Waals surface area contributed by atoms with Crippen molar-refractivity contribution in [2.75, 3.05) is 0 Å². The lowest BCUT2D eigenvalue weighted by Crippen LogP contribution is -2.09. The molecule has 90 valence electrons. The first-order valence-corrected chi connectivity index (χ1v) is 6.52. The van der Waals surface area contributed by atoms with Gasteiger partial charge in [-0.15, -0.1) is 0 Å². The van der Waals surface area contributed by atoms with Crippen molar-refractivity contribution in [1.29, 1.82) is 0 Å². The summed E-state index contributed by atoms with van der Waals surface area (Å²) >= 11 is 5.07. The van der Waals surface area contributed by atoms with Crippen LogP contribution in [0.1, 0.15) is 31.7 Å². The smallest absolute Gasteiger partial charge is 0.104 e. The van der Waals surface area contributed by atoms with Crippen molar-refractivity contribution in [3.05, 3.63) is 36.0 Å². The number of nitrogens with two attached hydrogens (primary N) is 1. The van der Waals surface area contributed by atoms with Crippen LogP contribution in [0.3, 0.4) is 0 Å². The van der Waals surface area contributed by atoms with E-state index in [1.54, 1.807) is 0 Å². The number of aryl methyl sites for hydroxylation is 1. The molecule has 2 aromatic rings. The molecule has 1 aromatic carbocycles. The van der Waals surface area contributed by atoms with Crippen LogP contribution in [0.2, 0.25) is 0 Å². The molecule has 1 heterocycles. The van der Waals surface area contributed by atoms with Crippen molar-refractivity contribution in [2.24, 2.45) is 5.73 Å². The summed E-state index contributed by atoms with van der Waals surface area (Å²) in [6, 6.07) is 8.24. The molecule has 0 spiro atoms. The lowest BCUT2D eigenvalue weighted by molar-refractivity contribution is 0.616. The van der Waals surface area contributed by atoms with Crippen molar-refractivity contribution < 1.29 is 0 Å². The quantitative estimate of drug-likeness (QED) is 0.647. The third-order valence-electron chi connectivity index (χ3n) is 3.08. The Bertz CT molecular complexity index is 528. The van der Waals surface area contributed by atoms with Crippen molar-refractivity contribution in [3.63, 3.8) is 0 Å². The molecule has 0 saturated carbocycles. The Labute approximate surface area is 107 Å². The van der Waals surface area contributed by atoms with E-state index in [1.807, 2.05) is 12.1 Å². The van der Waals surface area contributed by atoms with Crippen molar-refractivity contribution in [3.8, 4) is 0 Å². The Morgan fingerprint density at radius 2 is 2.12 bits per heavy atom. The van der Waals surface area contributed by atoms with Gasteiger partial charge in [0.05, 0.1) is 0 Å². The normalized spacial score (nSPS) is 10.9. The van der Waals surface area contributed by atoms with E-state index in [0.717, 1.165) is 17.5 Å². The van der Waals surface area contributed by atoms with Gasteiger partial charge in [-0.2, -0.15) is 0 Å². The highest BCUT2D eigenvalue weighted by atomic mass is 32.1. The average Bonchev–Trinajstić information content (AvgIpc) is 2.72. The van der Waals surface area contributed by atoms with Crippen molar-refractivity contribution in [1.82, 2.24) is 4.57 Å². The Morgan fingerprint density at radius 1 is 1.29 bits per heavy atom. The van der Waals surface area contributed by atoms with Gasteiger partial charge < -0.3 is 10.3 Å². The number of aromatic nitrogens is 1. The van der Waals surface area contributed by atoms with Gasteiger partial charge in [0.1, 0.15) is 4.99 Å². The molecule has 0 aliphatic carbocycles. The molecule has 1 aromatic heterocycles. The summed E-state index contributed by atoms with van der Waals surface area (Å²) in [4.78, 5) is 0.474. The van der Waals surface area contributed by atoms with Crippen LogP contribution in [0.4, 0.5) is 0 Å². The van der Waals surface area contributed by atoms with Crippen LogP contribution >= 0.6 is 12.2 Å². The molecule has 17 heavy (non-hydrogen) atoms. The zero-order valence-corrected chi connectivity index (χ0v) is 11.0. The molecule has 0 atom stereocenters. The molecule has 0 aliphatic heterocycles. The molecule has 0 unspecified atom stereocenters. The maximum absolute atomic E-state index is 5.73. The van der Waals surface area contributed by atoms with Gasteiger partial charge in [0.25, 0.3) is 0 Å². The minimum atomic E-state index is 0.474. The van der Waals surface area contributed by atoms with Gasteiger partial charge in [0, 0.05) is 29.2 Å². The summed E-state index contributed by atoms with van der Waals surface area (Å²) < 4.78 is 2.28. The van der Waals surface area contributed by atoms with Crippen molar-refractivity contribution >= 4 is 28.1 Å². The number of fused-ring (bicyclic) bond motifs is 1. The van der Waals surface area contributed by atoms with Gasteiger partial charge in [-0.25, -0.2) is 0 Å². The Balaban J connectivity index is 2.34. The third-order valence-corrected chi connectivity index (χ3v) is 3.30. The number of benzene rings is 1. The number of hydrogen-bond acceptors (Lipinski definition) is 1. The van der Waals surface area contributed by atoms with E-state index in [2.05, 4.69) is 29.8 Å². The predicted molar refractivity (Wildman–Crippen MR) is 77.4 cm³/mol. The number of rotatable bonds is 5. The molecule has 0 fully saturated rings. The zero-order valence-electron chi connectivity index (χ0n) is 10.1. The van der Waals surface area contributed by atoms with Gasteiger partial charge in [-0.05, 0) is 18.6 Å². The van der Waals surface area contributed by atoms with E-state index in [9.17, 15) is 0 Å². The maximum atomic E-state index is 5.73. The van der Waals surface area contributed by atoms with E-state index < -0.39 is 0 Å². The van der Waals surface area contributed by atoms with E-state index >= 15 is 0 Å². The highest BCUT2D eigenvalue weighted by molar-refractivity contribution is 7.80. The van der Waals surface area contributed by atoms with E-state index in [4.69, 9.17) is 18.0 Å². The number of thiocarbonyl (C=S) groups is 1. The maximum Gasteiger partial charge on any atom is 0.104 e. The summed E-state index contributed by atoms with van der Waals surface area (Å²) in [5, 5.41) is 1.16. The topological polar surface area (TPSA) is 30.9 Å². The molecule has 0 amide bonds. The number of hydrogen-bond donors (Lipinski definition) is 1. The SMILES string of the molecule is CCCCCn1ccc2c(C(N)=S)cccc21. The standard InChI is InChI=1S/C14H18N2S/c1-2-3-4-9-16-10-8-11-12(14(15)17)6-5-7-13(11)16/h5-8,10H,2-4,9H2,1H3,(H2,15,17). The highest BCUT2D eigenvalue weighted by Gasteiger charge is 2.06. The zero-order chi connectivity index (χ0) is 12.3. The van der Waals surface area contributed by atoms with E-state index in [0.29, 0.717) is 4.99 Å². The van der Waals surface area contributed by atoms with Crippen LogP contribution in [-0.2, 0) is 6.54 Å². The molecule has 0 bridgehead atoms. The fraction of sp³-hybridized carbons (Fsp3) is 0.357. The summed E-state index contributed by atoms with van der Waals surface area (Å²) in [5.41, 5.74) is 7.94. The van der Waals surface area contributed by atoms with Crippen LogP contribution in [0, 0.1) is 0 Å². The van der Waals surface area contributed by atoms with Gasteiger partial charge >= 0.3 is 0 Å². The summed E-state index contributed by atoms with van der Waals surface area (Å²) in [7, 11) is 0. The second kappa shape index (κ2) is 5.32. The Hall–Kier alpha value is -1.35. The second-order valence-corrected chi connectivity index (χ2v) is 4.76. The van der Waals surface area contributed by atoms with E-state index in [1.165, 1.54) is 24.8 Å². The number of unbranched alkanes of at least 4 members (excludes halogenated alkanes) is 2. The molecule has 0 radical (unpaired) electrons. The molecule has 2 rings (SSSR count). The Kier molecular flexibility index (Phi) is 3.79. The summed E-state index contributed by atoms with van der Waals surface area (Å²) in [6.07, 6.45) is 5.87. The van der Waals surface area contributed by atoms with Gasteiger partial charge in [0.2, 0.25) is 0 Å². The van der Waals surface area contributed by atoms with Gasteiger partial charge in [-0.1, -0.05) is 44.1 Å². The third kappa shape index (κ3) is 2.50. The second-order valence-electron chi connectivity index (χ2n) is 4.32. The van der Waals surface area contributed by atoms with Crippen LogP contribution in [0.25, 0.3) is 10.9 Å². The minimum Gasteiger partial charge on any atom is -0.389 e. The first-order chi connectivity index (χ1) is 8.24. The van der Waals surface area contributed by atoms with E-state index in [-0.39, 0.29) is 0 Å². The lowest BCUT2D eigenvalue weighted by Gasteiger charge is -2.06. The monoisotopic (exact) mass is 246 g/mol.